The highest BCUT2D eigenvalue weighted by atomic mass is 16.5. The van der Waals surface area contributed by atoms with E-state index in [0.717, 1.165) is 18.7 Å². The van der Waals surface area contributed by atoms with Crippen LogP contribution in [0.2, 0.25) is 0 Å². The predicted octanol–water partition coefficient (Wildman–Crippen LogP) is 1.51. The van der Waals surface area contributed by atoms with E-state index in [9.17, 15) is 9.90 Å². The molecule has 1 aromatic carbocycles. The van der Waals surface area contributed by atoms with Crippen molar-refractivity contribution in [1.29, 1.82) is 0 Å². The van der Waals surface area contributed by atoms with Gasteiger partial charge in [-0.2, -0.15) is 0 Å². The van der Waals surface area contributed by atoms with Gasteiger partial charge in [0.1, 0.15) is 6.10 Å². The average molecular weight is 320 g/mol. The summed E-state index contributed by atoms with van der Waals surface area (Å²) in [6.45, 7) is 9.48. The molecule has 23 heavy (non-hydrogen) atoms. The van der Waals surface area contributed by atoms with Gasteiger partial charge in [-0.05, 0) is 26.3 Å². The molecule has 0 radical (unpaired) electrons. The zero-order valence-electron chi connectivity index (χ0n) is 14.4. The van der Waals surface area contributed by atoms with Gasteiger partial charge in [-0.15, -0.1) is 0 Å². The van der Waals surface area contributed by atoms with E-state index in [-0.39, 0.29) is 5.91 Å². The normalized spacial score (nSPS) is 18.0. The standard InChI is InChI=1S/C18H28N2O3/c1-15(23-13-16-7-5-4-6-8-16)17(21)20-11-9-19(10-12-20)14-18(2,3)22/h4-8,15,22H,9-14H2,1-3H3/t15-/m1/s1. The van der Waals surface area contributed by atoms with Gasteiger partial charge in [0.25, 0.3) is 5.91 Å². The first kappa shape index (κ1) is 17.9. The zero-order chi connectivity index (χ0) is 16.9. The molecule has 2 rings (SSSR count). The molecule has 128 valence electrons. The molecule has 0 unspecified atom stereocenters. The van der Waals surface area contributed by atoms with Gasteiger partial charge in [-0.1, -0.05) is 30.3 Å². The van der Waals surface area contributed by atoms with Crippen molar-refractivity contribution in [2.24, 2.45) is 0 Å². The number of carbonyl (C=O) groups is 1. The molecule has 1 aromatic rings. The number of piperazine rings is 1. The van der Waals surface area contributed by atoms with Gasteiger partial charge in [0.2, 0.25) is 0 Å². The lowest BCUT2D eigenvalue weighted by Crippen LogP contribution is -2.53. The monoisotopic (exact) mass is 320 g/mol. The van der Waals surface area contributed by atoms with Crippen molar-refractivity contribution in [3.63, 3.8) is 0 Å². The fourth-order valence-electron chi connectivity index (χ4n) is 2.80. The second-order valence-corrected chi connectivity index (χ2v) is 6.85. The minimum Gasteiger partial charge on any atom is -0.389 e. The van der Waals surface area contributed by atoms with Gasteiger partial charge in [0.05, 0.1) is 12.2 Å². The van der Waals surface area contributed by atoms with Crippen LogP contribution in [-0.4, -0.2) is 65.2 Å². The number of rotatable bonds is 6. The van der Waals surface area contributed by atoms with E-state index >= 15 is 0 Å². The topological polar surface area (TPSA) is 53.0 Å². The summed E-state index contributed by atoms with van der Waals surface area (Å²) in [6.07, 6.45) is -0.434. The maximum absolute atomic E-state index is 12.4. The Morgan fingerprint density at radius 3 is 2.39 bits per heavy atom. The molecular formula is C18H28N2O3. The molecule has 5 heteroatoms. The number of ether oxygens (including phenoxy) is 1. The highest BCUT2D eigenvalue weighted by Crippen LogP contribution is 2.11. The van der Waals surface area contributed by atoms with E-state index in [0.29, 0.717) is 26.2 Å². The van der Waals surface area contributed by atoms with Crippen molar-refractivity contribution in [3.05, 3.63) is 35.9 Å². The smallest absolute Gasteiger partial charge is 0.251 e. The Balaban J connectivity index is 1.75. The fraction of sp³-hybridized carbons (Fsp3) is 0.611. The number of benzene rings is 1. The Kier molecular flexibility index (Phi) is 6.16. The van der Waals surface area contributed by atoms with Crippen LogP contribution in [0, 0.1) is 0 Å². The Morgan fingerprint density at radius 1 is 1.22 bits per heavy atom. The van der Waals surface area contributed by atoms with E-state index in [2.05, 4.69) is 4.90 Å². The first-order valence-electron chi connectivity index (χ1n) is 8.24. The van der Waals surface area contributed by atoms with E-state index in [1.54, 1.807) is 0 Å². The van der Waals surface area contributed by atoms with Gasteiger partial charge < -0.3 is 14.7 Å². The van der Waals surface area contributed by atoms with Crippen LogP contribution < -0.4 is 0 Å². The van der Waals surface area contributed by atoms with Crippen LogP contribution in [0.5, 0.6) is 0 Å². The summed E-state index contributed by atoms with van der Waals surface area (Å²) in [6, 6.07) is 9.88. The molecule has 0 saturated carbocycles. The summed E-state index contributed by atoms with van der Waals surface area (Å²) in [4.78, 5) is 16.5. The molecular weight excluding hydrogens is 292 g/mol. The van der Waals surface area contributed by atoms with Crippen molar-refractivity contribution in [2.75, 3.05) is 32.7 Å². The minimum absolute atomic E-state index is 0.0452. The molecule has 0 spiro atoms. The van der Waals surface area contributed by atoms with Crippen LogP contribution in [-0.2, 0) is 16.1 Å². The van der Waals surface area contributed by atoms with Crippen molar-refractivity contribution < 1.29 is 14.6 Å². The summed E-state index contributed by atoms with van der Waals surface area (Å²) in [7, 11) is 0. The van der Waals surface area contributed by atoms with Crippen molar-refractivity contribution in [1.82, 2.24) is 9.80 Å². The number of amides is 1. The Labute approximate surface area is 138 Å². The van der Waals surface area contributed by atoms with Crippen LogP contribution in [0.4, 0.5) is 0 Å². The van der Waals surface area contributed by atoms with Crippen molar-refractivity contribution in [3.8, 4) is 0 Å². The van der Waals surface area contributed by atoms with Crippen molar-refractivity contribution in [2.45, 2.75) is 39.1 Å². The van der Waals surface area contributed by atoms with E-state index in [4.69, 9.17) is 4.74 Å². The molecule has 1 fully saturated rings. The Hall–Kier alpha value is -1.43. The molecule has 1 heterocycles. The number of nitrogens with zero attached hydrogens (tertiary/aromatic N) is 2. The Bertz CT molecular complexity index is 491. The molecule has 0 bridgehead atoms. The summed E-state index contributed by atoms with van der Waals surface area (Å²) >= 11 is 0. The molecule has 5 nitrogen and oxygen atoms in total. The molecule has 1 N–H and O–H groups in total. The maximum Gasteiger partial charge on any atom is 0.251 e. The SMILES string of the molecule is C[C@@H](OCc1ccccc1)C(=O)N1CCN(CC(C)(C)O)CC1. The first-order valence-corrected chi connectivity index (χ1v) is 8.24. The molecule has 0 aromatic heterocycles. The number of β-amino-alcohol motifs (C(OH)–C–C–N with tert-alkyl or cyclic N) is 1. The third-order valence-electron chi connectivity index (χ3n) is 3.99. The first-order chi connectivity index (χ1) is 10.8. The van der Waals surface area contributed by atoms with Gasteiger partial charge in [-0.3, -0.25) is 9.69 Å². The third kappa shape index (κ3) is 5.94. The molecule has 1 atom stereocenters. The number of carbonyl (C=O) groups excluding carboxylic acids is 1. The largest absolute Gasteiger partial charge is 0.389 e. The fourth-order valence-corrected chi connectivity index (χ4v) is 2.80. The summed E-state index contributed by atoms with van der Waals surface area (Å²) < 4.78 is 5.71. The summed E-state index contributed by atoms with van der Waals surface area (Å²) in [5.74, 6) is 0.0452. The van der Waals surface area contributed by atoms with Gasteiger partial charge in [0, 0.05) is 32.7 Å². The quantitative estimate of drug-likeness (QED) is 0.863. The molecule has 0 aliphatic carbocycles. The summed E-state index contributed by atoms with van der Waals surface area (Å²) in [5, 5.41) is 9.87. The third-order valence-corrected chi connectivity index (χ3v) is 3.99. The van der Waals surface area contributed by atoms with Crippen LogP contribution in [0.15, 0.2) is 30.3 Å². The van der Waals surface area contributed by atoms with Gasteiger partial charge in [-0.25, -0.2) is 0 Å². The average Bonchev–Trinajstić information content (AvgIpc) is 2.52. The van der Waals surface area contributed by atoms with E-state index in [1.165, 1.54) is 0 Å². The number of hydrogen-bond donors (Lipinski definition) is 1. The van der Waals surface area contributed by atoms with E-state index < -0.39 is 11.7 Å². The Morgan fingerprint density at radius 2 is 1.83 bits per heavy atom. The van der Waals surface area contributed by atoms with Crippen LogP contribution in [0.25, 0.3) is 0 Å². The zero-order valence-corrected chi connectivity index (χ0v) is 14.4. The highest BCUT2D eigenvalue weighted by Gasteiger charge is 2.27. The van der Waals surface area contributed by atoms with E-state index in [1.807, 2.05) is 56.0 Å². The van der Waals surface area contributed by atoms with Gasteiger partial charge >= 0.3 is 0 Å². The number of hydrogen-bond acceptors (Lipinski definition) is 4. The second kappa shape index (κ2) is 7.90. The second-order valence-electron chi connectivity index (χ2n) is 6.85. The maximum atomic E-state index is 12.4. The summed E-state index contributed by atoms with van der Waals surface area (Å²) in [5.41, 5.74) is 0.375. The lowest BCUT2D eigenvalue weighted by molar-refractivity contribution is -0.145. The van der Waals surface area contributed by atoms with Crippen LogP contribution >= 0.6 is 0 Å². The van der Waals surface area contributed by atoms with Crippen LogP contribution in [0.3, 0.4) is 0 Å². The minimum atomic E-state index is -0.696. The van der Waals surface area contributed by atoms with Crippen LogP contribution in [0.1, 0.15) is 26.3 Å². The lowest BCUT2D eigenvalue weighted by Gasteiger charge is -2.38. The predicted molar refractivity (Wildman–Crippen MR) is 90.0 cm³/mol. The molecule has 1 aliphatic heterocycles. The number of aliphatic hydroxyl groups is 1. The highest BCUT2D eigenvalue weighted by molar-refractivity contribution is 5.80. The molecule has 1 amide bonds. The van der Waals surface area contributed by atoms with Gasteiger partial charge in [0.15, 0.2) is 0 Å². The van der Waals surface area contributed by atoms with Crippen molar-refractivity contribution >= 4 is 5.91 Å². The molecule has 1 saturated heterocycles. The lowest BCUT2D eigenvalue weighted by atomic mass is 10.1. The molecule has 1 aliphatic rings.